The van der Waals surface area contributed by atoms with Crippen molar-refractivity contribution in [1.29, 1.82) is 0 Å². The number of H-pyrrole nitrogens is 1. The molecule has 2 N–H and O–H groups in total. The van der Waals surface area contributed by atoms with Crippen LogP contribution < -0.4 is 10.1 Å². The Labute approximate surface area is 118 Å². The van der Waals surface area contributed by atoms with Gasteiger partial charge in [-0.25, -0.2) is 0 Å². The SMILES string of the molecule is CCCNc1nc(OCCOC(C)C)c2cn[nH]c2n1. The Morgan fingerprint density at radius 3 is 2.90 bits per heavy atom. The van der Waals surface area contributed by atoms with Crippen molar-refractivity contribution in [1.82, 2.24) is 20.2 Å². The molecule has 7 nitrogen and oxygen atoms in total. The van der Waals surface area contributed by atoms with Gasteiger partial charge in [0.05, 0.1) is 18.9 Å². The fourth-order valence-corrected chi connectivity index (χ4v) is 1.66. The number of nitrogens with one attached hydrogen (secondary N) is 2. The molecular formula is C13H21N5O2. The third-order valence-corrected chi connectivity index (χ3v) is 2.58. The van der Waals surface area contributed by atoms with E-state index < -0.39 is 0 Å². The van der Waals surface area contributed by atoms with Crippen LogP contribution in [0.4, 0.5) is 5.95 Å². The highest BCUT2D eigenvalue weighted by Crippen LogP contribution is 2.22. The summed E-state index contributed by atoms with van der Waals surface area (Å²) >= 11 is 0. The summed E-state index contributed by atoms with van der Waals surface area (Å²) in [4.78, 5) is 8.71. The Bertz CT molecular complexity index is 541. The van der Waals surface area contributed by atoms with E-state index in [-0.39, 0.29) is 6.10 Å². The Morgan fingerprint density at radius 1 is 1.30 bits per heavy atom. The van der Waals surface area contributed by atoms with Crippen LogP contribution in [0.1, 0.15) is 27.2 Å². The molecule has 0 fully saturated rings. The number of nitrogens with zero attached hydrogens (tertiary/aromatic N) is 3. The molecule has 0 aliphatic carbocycles. The average molecular weight is 279 g/mol. The Balaban J connectivity index is 2.07. The number of aromatic amines is 1. The highest BCUT2D eigenvalue weighted by molar-refractivity contribution is 5.80. The van der Waals surface area contributed by atoms with Crippen molar-refractivity contribution in [3.8, 4) is 5.88 Å². The van der Waals surface area contributed by atoms with Gasteiger partial charge in [0.1, 0.15) is 12.0 Å². The summed E-state index contributed by atoms with van der Waals surface area (Å²) in [5.41, 5.74) is 0.665. The van der Waals surface area contributed by atoms with Gasteiger partial charge in [0.15, 0.2) is 5.65 Å². The van der Waals surface area contributed by atoms with Gasteiger partial charge in [-0.1, -0.05) is 6.92 Å². The Morgan fingerprint density at radius 2 is 2.15 bits per heavy atom. The molecule has 2 aromatic rings. The standard InChI is InChI=1S/C13H21N5O2/c1-4-5-14-13-16-11-10(8-15-18-11)12(17-13)20-7-6-19-9(2)3/h8-9H,4-7H2,1-3H3,(H2,14,15,16,17,18). The molecule has 0 aliphatic heterocycles. The lowest BCUT2D eigenvalue weighted by atomic mass is 10.4. The fourth-order valence-electron chi connectivity index (χ4n) is 1.66. The molecule has 2 heterocycles. The van der Waals surface area contributed by atoms with Gasteiger partial charge < -0.3 is 14.8 Å². The molecule has 0 unspecified atom stereocenters. The number of ether oxygens (including phenoxy) is 2. The molecule has 0 bridgehead atoms. The van der Waals surface area contributed by atoms with Crippen LogP contribution in [-0.2, 0) is 4.74 Å². The maximum atomic E-state index is 5.67. The van der Waals surface area contributed by atoms with E-state index in [1.165, 1.54) is 0 Å². The van der Waals surface area contributed by atoms with E-state index in [4.69, 9.17) is 9.47 Å². The van der Waals surface area contributed by atoms with E-state index in [9.17, 15) is 0 Å². The molecule has 0 aliphatic rings. The van der Waals surface area contributed by atoms with Crippen molar-refractivity contribution in [2.75, 3.05) is 25.1 Å². The number of aromatic nitrogens is 4. The molecule has 7 heteroatoms. The minimum atomic E-state index is 0.194. The molecule has 110 valence electrons. The molecule has 20 heavy (non-hydrogen) atoms. The Kier molecular flexibility index (Phi) is 5.11. The molecule has 0 atom stereocenters. The van der Waals surface area contributed by atoms with E-state index in [0.717, 1.165) is 18.4 Å². The van der Waals surface area contributed by atoms with Crippen LogP contribution in [0, 0.1) is 0 Å². The van der Waals surface area contributed by atoms with E-state index in [0.29, 0.717) is 30.7 Å². The molecule has 0 aromatic carbocycles. The minimum absolute atomic E-state index is 0.194. The first kappa shape index (κ1) is 14.5. The van der Waals surface area contributed by atoms with Crippen LogP contribution in [0.2, 0.25) is 0 Å². The van der Waals surface area contributed by atoms with Gasteiger partial charge in [0.25, 0.3) is 0 Å². The summed E-state index contributed by atoms with van der Waals surface area (Å²) in [6.07, 6.45) is 2.86. The van der Waals surface area contributed by atoms with Gasteiger partial charge in [0.2, 0.25) is 11.8 Å². The lowest BCUT2D eigenvalue weighted by Crippen LogP contribution is -2.12. The third kappa shape index (κ3) is 3.80. The largest absolute Gasteiger partial charge is 0.475 e. The molecule has 0 saturated heterocycles. The zero-order valence-corrected chi connectivity index (χ0v) is 12.1. The van der Waals surface area contributed by atoms with Crippen LogP contribution in [0.25, 0.3) is 11.0 Å². The van der Waals surface area contributed by atoms with Crippen molar-refractivity contribution in [2.24, 2.45) is 0 Å². The van der Waals surface area contributed by atoms with Crippen molar-refractivity contribution in [3.05, 3.63) is 6.20 Å². The van der Waals surface area contributed by atoms with Gasteiger partial charge >= 0.3 is 0 Å². The van der Waals surface area contributed by atoms with Crippen LogP contribution in [-0.4, -0.2) is 46.0 Å². The zero-order valence-electron chi connectivity index (χ0n) is 12.1. The van der Waals surface area contributed by atoms with Gasteiger partial charge in [-0.05, 0) is 20.3 Å². The highest BCUT2D eigenvalue weighted by atomic mass is 16.5. The minimum Gasteiger partial charge on any atom is -0.475 e. The number of rotatable bonds is 8. The second-order valence-corrected chi connectivity index (χ2v) is 4.68. The van der Waals surface area contributed by atoms with E-state index in [1.54, 1.807) is 6.20 Å². The highest BCUT2D eigenvalue weighted by Gasteiger charge is 2.10. The summed E-state index contributed by atoms with van der Waals surface area (Å²) in [5.74, 6) is 1.07. The summed E-state index contributed by atoms with van der Waals surface area (Å²) in [5, 5.41) is 10.7. The van der Waals surface area contributed by atoms with Crippen molar-refractivity contribution < 1.29 is 9.47 Å². The normalized spacial score (nSPS) is 11.2. The summed E-state index contributed by atoms with van der Waals surface area (Å²) in [7, 11) is 0. The summed E-state index contributed by atoms with van der Waals surface area (Å²) in [6, 6.07) is 0. The molecule has 2 aromatic heterocycles. The Hall–Kier alpha value is -1.89. The summed E-state index contributed by atoms with van der Waals surface area (Å²) in [6.45, 7) is 7.86. The van der Waals surface area contributed by atoms with Gasteiger partial charge in [-0.3, -0.25) is 5.10 Å². The van der Waals surface area contributed by atoms with Crippen LogP contribution in [0.3, 0.4) is 0 Å². The molecule has 0 radical (unpaired) electrons. The lowest BCUT2D eigenvalue weighted by molar-refractivity contribution is 0.0546. The third-order valence-electron chi connectivity index (χ3n) is 2.58. The number of hydrogen-bond acceptors (Lipinski definition) is 6. The number of fused-ring (bicyclic) bond motifs is 1. The molecule has 0 amide bonds. The number of hydrogen-bond donors (Lipinski definition) is 2. The van der Waals surface area contributed by atoms with Crippen LogP contribution in [0.5, 0.6) is 5.88 Å². The smallest absolute Gasteiger partial charge is 0.229 e. The van der Waals surface area contributed by atoms with E-state index >= 15 is 0 Å². The first-order chi connectivity index (χ1) is 9.70. The first-order valence-electron chi connectivity index (χ1n) is 6.90. The summed E-state index contributed by atoms with van der Waals surface area (Å²) < 4.78 is 11.1. The zero-order chi connectivity index (χ0) is 14.4. The maximum Gasteiger partial charge on any atom is 0.229 e. The van der Waals surface area contributed by atoms with E-state index in [2.05, 4.69) is 32.4 Å². The van der Waals surface area contributed by atoms with Crippen molar-refractivity contribution in [2.45, 2.75) is 33.3 Å². The quantitative estimate of drug-likeness (QED) is 0.719. The predicted molar refractivity (Wildman–Crippen MR) is 77.0 cm³/mol. The monoisotopic (exact) mass is 279 g/mol. The van der Waals surface area contributed by atoms with Crippen LogP contribution in [0.15, 0.2) is 6.20 Å². The molecule has 0 spiro atoms. The fraction of sp³-hybridized carbons (Fsp3) is 0.615. The average Bonchev–Trinajstić information content (AvgIpc) is 2.89. The van der Waals surface area contributed by atoms with Gasteiger partial charge in [0, 0.05) is 6.54 Å². The molecule has 0 saturated carbocycles. The molecular weight excluding hydrogens is 258 g/mol. The number of anilines is 1. The lowest BCUT2D eigenvalue weighted by Gasteiger charge is -2.10. The topological polar surface area (TPSA) is 85.0 Å². The predicted octanol–water partition coefficient (Wildman–Crippen LogP) is 1.98. The van der Waals surface area contributed by atoms with Crippen molar-refractivity contribution in [3.63, 3.8) is 0 Å². The van der Waals surface area contributed by atoms with Gasteiger partial charge in [-0.2, -0.15) is 15.1 Å². The second kappa shape index (κ2) is 7.04. The van der Waals surface area contributed by atoms with E-state index in [1.807, 2.05) is 13.8 Å². The van der Waals surface area contributed by atoms with Crippen LogP contribution >= 0.6 is 0 Å². The molecule has 2 rings (SSSR count). The van der Waals surface area contributed by atoms with Crippen molar-refractivity contribution >= 4 is 17.0 Å². The first-order valence-corrected chi connectivity index (χ1v) is 6.90. The maximum absolute atomic E-state index is 5.67. The van der Waals surface area contributed by atoms with Gasteiger partial charge in [-0.15, -0.1) is 0 Å². The second-order valence-electron chi connectivity index (χ2n) is 4.68.